The molecule has 0 bridgehead atoms. The van der Waals surface area contributed by atoms with Gasteiger partial charge in [-0.05, 0) is 6.72 Å². The molecule has 12 nitrogen and oxygen atoms in total. The Bertz CT molecular complexity index is 477. The van der Waals surface area contributed by atoms with Gasteiger partial charge in [-0.25, -0.2) is 20.1 Å². The third-order valence-electron chi connectivity index (χ3n) is 2.42. The zero-order valence-corrected chi connectivity index (χ0v) is 12.1. The second-order valence-electron chi connectivity index (χ2n) is 3.91. The molecule has 1 aromatic rings. The van der Waals surface area contributed by atoms with Crippen LogP contribution in [0.2, 0.25) is 0 Å². The molecule has 0 aliphatic rings. The molecule has 0 aliphatic heterocycles. The average Bonchev–Trinajstić information content (AvgIpc) is 2.56. The van der Waals surface area contributed by atoms with Gasteiger partial charge in [-0.2, -0.15) is 15.0 Å². The SMILES string of the molecule is C=Nc1nc(NOC)nc(N(OC)OC(CO)(CO)CO)n1. The van der Waals surface area contributed by atoms with Crippen LogP contribution in [0.1, 0.15) is 0 Å². The van der Waals surface area contributed by atoms with Crippen molar-refractivity contribution in [3.8, 4) is 0 Å². The number of aliphatic hydroxyl groups excluding tert-OH is 3. The molecule has 0 radical (unpaired) electrons. The first-order valence-electron chi connectivity index (χ1n) is 5.95. The molecule has 0 aliphatic carbocycles. The molecule has 22 heavy (non-hydrogen) atoms. The summed E-state index contributed by atoms with van der Waals surface area (Å²) in [5, 5.41) is 28.5. The first-order valence-corrected chi connectivity index (χ1v) is 5.95. The van der Waals surface area contributed by atoms with Crippen molar-refractivity contribution in [2.75, 3.05) is 44.7 Å². The van der Waals surface area contributed by atoms with Gasteiger partial charge in [0, 0.05) is 0 Å². The highest BCUT2D eigenvalue weighted by molar-refractivity contribution is 5.42. The molecule has 0 saturated heterocycles. The highest BCUT2D eigenvalue weighted by Gasteiger charge is 2.34. The van der Waals surface area contributed by atoms with E-state index in [1.165, 1.54) is 14.2 Å². The average molecular weight is 318 g/mol. The molecule has 12 heteroatoms. The molecular weight excluding hydrogens is 300 g/mol. The smallest absolute Gasteiger partial charge is 0.284 e. The van der Waals surface area contributed by atoms with Crippen LogP contribution < -0.4 is 10.7 Å². The lowest BCUT2D eigenvalue weighted by atomic mass is 10.1. The van der Waals surface area contributed by atoms with Crippen LogP contribution in [0.15, 0.2) is 4.99 Å². The fourth-order valence-electron chi connectivity index (χ4n) is 1.22. The van der Waals surface area contributed by atoms with Gasteiger partial charge in [-0.15, -0.1) is 0 Å². The molecule has 0 atom stereocenters. The summed E-state index contributed by atoms with van der Waals surface area (Å²) in [7, 11) is 2.58. The van der Waals surface area contributed by atoms with E-state index in [0.717, 1.165) is 0 Å². The molecular formula is C10H18N6O6. The van der Waals surface area contributed by atoms with Crippen LogP contribution in [0, 0.1) is 0 Å². The quantitative estimate of drug-likeness (QED) is 0.285. The Labute approximate surface area is 125 Å². The summed E-state index contributed by atoms with van der Waals surface area (Å²) in [5.74, 6) is -0.250. The maximum absolute atomic E-state index is 9.27. The van der Waals surface area contributed by atoms with Crippen molar-refractivity contribution in [2.24, 2.45) is 4.99 Å². The molecule has 1 aromatic heterocycles. The number of nitrogens with zero attached hydrogens (tertiary/aromatic N) is 5. The summed E-state index contributed by atoms with van der Waals surface area (Å²) in [6.07, 6.45) is 0. The van der Waals surface area contributed by atoms with Crippen molar-refractivity contribution in [2.45, 2.75) is 5.60 Å². The molecule has 4 N–H and O–H groups in total. The van der Waals surface area contributed by atoms with Crippen LogP contribution in [0.25, 0.3) is 0 Å². The van der Waals surface area contributed by atoms with Crippen LogP contribution in [0.5, 0.6) is 0 Å². The van der Waals surface area contributed by atoms with Crippen molar-refractivity contribution in [1.29, 1.82) is 0 Å². The van der Waals surface area contributed by atoms with Gasteiger partial charge in [0.25, 0.3) is 17.8 Å². The van der Waals surface area contributed by atoms with Gasteiger partial charge in [-0.1, -0.05) is 5.23 Å². The van der Waals surface area contributed by atoms with Gasteiger partial charge in [-0.3, -0.25) is 4.84 Å². The topological polar surface area (TPSA) is 155 Å². The minimum atomic E-state index is -1.70. The van der Waals surface area contributed by atoms with E-state index >= 15 is 0 Å². The molecule has 0 unspecified atom stereocenters. The largest absolute Gasteiger partial charge is 0.393 e. The summed E-state index contributed by atoms with van der Waals surface area (Å²) in [6, 6.07) is 0. The Hall–Kier alpha value is -1.96. The van der Waals surface area contributed by atoms with Crippen LogP contribution in [0.3, 0.4) is 0 Å². The fourth-order valence-corrected chi connectivity index (χ4v) is 1.22. The van der Waals surface area contributed by atoms with E-state index < -0.39 is 25.4 Å². The van der Waals surface area contributed by atoms with E-state index in [1.807, 2.05) is 0 Å². The van der Waals surface area contributed by atoms with Crippen molar-refractivity contribution in [1.82, 2.24) is 15.0 Å². The van der Waals surface area contributed by atoms with Crippen molar-refractivity contribution in [3.05, 3.63) is 0 Å². The van der Waals surface area contributed by atoms with Crippen molar-refractivity contribution in [3.63, 3.8) is 0 Å². The highest BCUT2D eigenvalue weighted by atomic mass is 17.0. The minimum Gasteiger partial charge on any atom is -0.393 e. The Morgan fingerprint density at radius 2 is 1.82 bits per heavy atom. The van der Waals surface area contributed by atoms with E-state index in [-0.39, 0.29) is 17.8 Å². The van der Waals surface area contributed by atoms with Crippen LogP contribution in [-0.2, 0) is 14.5 Å². The number of aliphatic hydroxyl groups is 3. The van der Waals surface area contributed by atoms with E-state index in [2.05, 4.69) is 37.0 Å². The number of aliphatic imine (C=N–C) groups is 1. The molecule has 1 heterocycles. The van der Waals surface area contributed by atoms with Gasteiger partial charge in [0.05, 0.1) is 34.0 Å². The summed E-state index contributed by atoms with van der Waals surface area (Å²) in [6.45, 7) is 1.25. The van der Waals surface area contributed by atoms with Crippen LogP contribution in [0.4, 0.5) is 17.8 Å². The molecule has 0 aromatic carbocycles. The number of nitrogens with one attached hydrogen (secondary N) is 1. The number of anilines is 2. The third kappa shape index (κ3) is 4.27. The predicted octanol–water partition coefficient (Wildman–Crippen LogP) is -1.81. The first kappa shape index (κ1) is 18.1. The monoisotopic (exact) mass is 318 g/mol. The molecule has 1 rings (SSSR count). The van der Waals surface area contributed by atoms with Gasteiger partial charge in [0.1, 0.15) is 0 Å². The summed E-state index contributed by atoms with van der Waals surface area (Å²) in [5.41, 5.74) is 0.675. The van der Waals surface area contributed by atoms with E-state index in [4.69, 9.17) is 9.68 Å². The highest BCUT2D eigenvalue weighted by Crippen LogP contribution is 2.20. The van der Waals surface area contributed by atoms with E-state index in [1.54, 1.807) is 0 Å². The lowest BCUT2D eigenvalue weighted by Crippen LogP contribution is -2.49. The molecule has 124 valence electrons. The van der Waals surface area contributed by atoms with E-state index in [0.29, 0.717) is 5.23 Å². The zero-order chi connectivity index (χ0) is 16.6. The minimum absolute atomic E-state index is 0.0110. The fraction of sp³-hybridized carbons (Fsp3) is 0.600. The van der Waals surface area contributed by atoms with Crippen molar-refractivity contribution < 1.29 is 29.8 Å². The molecule has 0 spiro atoms. The van der Waals surface area contributed by atoms with Crippen LogP contribution in [-0.4, -0.2) is 76.6 Å². The standard InChI is InChI=1S/C10H18N6O6/c1-11-7-12-8(15-20-2)14-9(13-7)16(21-3)22-10(4-17,5-18)6-19/h17-19H,1,4-6H2,2-3H3,(H,12,13,14,15). The van der Waals surface area contributed by atoms with Gasteiger partial charge < -0.3 is 15.3 Å². The maximum Gasteiger partial charge on any atom is 0.284 e. The molecule has 0 amide bonds. The third-order valence-corrected chi connectivity index (χ3v) is 2.42. The Morgan fingerprint density at radius 1 is 1.18 bits per heavy atom. The number of rotatable bonds is 10. The summed E-state index contributed by atoms with van der Waals surface area (Å²) >= 11 is 0. The molecule has 0 saturated carbocycles. The maximum atomic E-state index is 9.27. The second-order valence-corrected chi connectivity index (χ2v) is 3.91. The van der Waals surface area contributed by atoms with Crippen LogP contribution >= 0.6 is 0 Å². The van der Waals surface area contributed by atoms with Gasteiger partial charge >= 0.3 is 0 Å². The number of hydrogen-bond donors (Lipinski definition) is 4. The van der Waals surface area contributed by atoms with Gasteiger partial charge in [0.2, 0.25) is 0 Å². The Kier molecular flexibility index (Phi) is 6.97. The zero-order valence-electron chi connectivity index (χ0n) is 12.1. The summed E-state index contributed by atoms with van der Waals surface area (Å²) < 4.78 is 0. The second kappa shape index (κ2) is 8.47. The lowest BCUT2D eigenvalue weighted by molar-refractivity contribution is -0.204. The summed E-state index contributed by atoms with van der Waals surface area (Å²) in [4.78, 5) is 30.0. The normalized spacial score (nSPS) is 11.3. The Balaban J connectivity index is 3.12. The number of hydrogen-bond acceptors (Lipinski definition) is 12. The van der Waals surface area contributed by atoms with Gasteiger partial charge in [0.15, 0.2) is 5.60 Å². The first-order chi connectivity index (χ1) is 10.6. The molecule has 0 fully saturated rings. The van der Waals surface area contributed by atoms with Crippen molar-refractivity contribution >= 4 is 24.6 Å². The predicted molar refractivity (Wildman–Crippen MR) is 74.2 cm³/mol. The lowest BCUT2D eigenvalue weighted by Gasteiger charge is -2.31. The van der Waals surface area contributed by atoms with E-state index in [9.17, 15) is 15.3 Å². The Morgan fingerprint density at radius 3 is 2.27 bits per heavy atom. The number of aromatic nitrogens is 3.